The first-order valence-corrected chi connectivity index (χ1v) is 5.83. The van der Waals surface area contributed by atoms with Crippen molar-refractivity contribution in [3.8, 4) is 0 Å². The fraction of sp³-hybridized carbons (Fsp3) is 0.750. The van der Waals surface area contributed by atoms with E-state index in [2.05, 4.69) is 0 Å². The molecule has 1 fully saturated rings. The molecule has 0 unspecified atom stereocenters. The molecule has 5 nitrogen and oxygen atoms in total. The number of aliphatic carboxylic acids is 2. The normalized spacial score (nSPS) is 31.3. The molecule has 9 heteroatoms. The second-order valence-electron chi connectivity index (χ2n) is 5.80. The van der Waals surface area contributed by atoms with Gasteiger partial charge in [0.25, 0.3) is 5.78 Å². The maximum Gasteiger partial charge on any atom is 3.00 e. The van der Waals surface area contributed by atoms with E-state index in [1.165, 1.54) is 6.92 Å². The Kier molecular flexibility index (Phi) is 5.88. The average molecular weight is 448 g/mol. The summed E-state index contributed by atoms with van der Waals surface area (Å²) in [4.78, 5) is 34.4. The van der Waals surface area contributed by atoms with E-state index < -0.39 is 46.6 Å². The Morgan fingerprint density at radius 1 is 0.952 bits per heavy atom. The van der Waals surface area contributed by atoms with Gasteiger partial charge in [-0.2, -0.15) is 13.2 Å². The third-order valence-corrected chi connectivity index (χ3v) is 4.93. The summed E-state index contributed by atoms with van der Waals surface area (Å²) in [5.74, 6) is -5.75. The summed E-state index contributed by atoms with van der Waals surface area (Å²) >= 11 is 0. The Bertz CT molecular complexity index is 488. The standard InChI is InChI=1S/C12H15F3O5.Eu/c1-9(2)10(3,7(17)18)4-5-11(9,8(19)20)6(16)12(13,14)15;/h4-5H2,1-3H3,(H,17,18)(H,19,20);/q;+3/t10-,11-;/m0./s1. The molecule has 0 aromatic heterocycles. The van der Waals surface area contributed by atoms with Crippen molar-refractivity contribution in [1.29, 1.82) is 0 Å². The maximum absolute atomic E-state index is 12.7. The number of carbonyl (C=O) groups excluding carboxylic acids is 1. The number of ketones is 1. The number of hydrogen-bond donors (Lipinski definition) is 2. The molecule has 0 aromatic rings. The number of carbonyl (C=O) groups is 3. The molecule has 21 heavy (non-hydrogen) atoms. The zero-order chi connectivity index (χ0) is 16.1. The van der Waals surface area contributed by atoms with Crippen molar-refractivity contribution < 1.29 is 87.1 Å². The van der Waals surface area contributed by atoms with Gasteiger partial charge in [-0.3, -0.25) is 14.4 Å². The largest absolute Gasteiger partial charge is 3.00 e. The Hall–Kier alpha value is -0.0156. The maximum atomic E-state index is 12.7. The molecule has 0 bridgehead atoms. The summed E-state index contributed by atoms with van der Waals surface area (Å²) in [7, 11) is 0. The SMILES string of the molecule is CC1(C)[C@](C(=O)O)(C(=O)C(F)(F)F)CC[C@@]1(C)C(=O)O.[Eu+3]. The summed E-state index contributed by atoms with van der Waals surface area (Å²) < 4.78 is 38.2. The quantitative estimate of drug-likeness (QED) is 0.646. The van der Waals surface area contributed by atoms with Crippen LogP contribution in [0.1, 0.15) is 33.6 Å². The Morgan fingerprint density at radius 3 is 1.62 bits per heavy atom. The van der Waals surface area contributed by atoms with Crippen LogP contribution in [0.5, 0.6) is 0 Å². The molecular formula is C12H15EuF3O5+3. The molecule has 2 atom stereocenters. The monoisotopic (exact) mass is 449 g/mol. The van der Waals surface area contributed by atoms with Crippen LogP contribution in [0.25, 0.3) is 0 Å². The van der Waals surface area contributed by atoms with Crippen molar-refractivity contribution in [2.45, 2.75) is 39.8 Å². The molecular weight excluding hydrogens is 433 g/mol. The third kappa shape index (κ3) is 2.69. The van der Waals surface area contributed by atoms with Crippen LogP contribution in [-0.2, 0) is 14.4 Å². The van der Waals surface area contributed by atoms with Crippen LogP contribution < -0.4 is 0 Å². The molecule has 1 saturated carbocycles. The van der Waals surface area contributed by atoms with Gasteiger partial charge in [0.05, 0.1) is 5.41 Å². The Balaban J connectivity index is 0.00000400. The van der Waals surface area contributed by atoms with E-state index in [0.717, 1.165) is 13.8 Å². The summed E-state index contributed by atoms with van der Waals surface area (Å²) in [6, 6.07) is 0. The number of Topliss-reactive ketones (excluding diaryl/α,β-unsaturated/α-hetero) is 1. The average Bonchev–Trinajstić information content (AvgIpc) is 2.47. The molecule has 1 aliphatic rings. The van der Waals surface area contributed by atoms with Crippen LogP contribution in [0.15, 0.2) is 0 Å². The predicted octanol–water partition coefficient (Wildman–Crippen LogP) is 2.10. The molecule has 0 spiro atoms. The van der Waals surface area contributed by atoms with Crippen molar-refractivity contribution in [2.24, 2.45) is 16.2 Å². The van der Waals surface area contributed by atoms with Crippen LogP contribution in [0.2, 0.25) is 0 Å². The Labute approximate surface area is 159 Å². The van der Waals surface area contributed by atoms with Gasteiger partial charge in [-0.25, -0.2) is 0 Å². The van der Waals surface area contributed by atoms with Crippen LogP contribution in [0.3, 0.4) is 0 Å². The molecule has 0 aliphatic heterocycles. The fourth-order valence-corrected chi connectivity index (χ4v) is 3.02. The van der Waals surface area contributed by atoms with Gasteiger partial charge < -0.3 is 10.2 Å². The van der Waals surface area contributed by atoms with E-state index >= 15 is 0 Å². The van der Waals surface area contributed by atoms with E-state index in [1.54, 1.807) is 0 Å². The molecule has 0 aromatic carbocycles. The van der Waals surface area contributed by atoms with Crippen molar-refractivity contribution in [2.75, 3.05) is 0 Å². The topological polar surface area (TPSA) is 91.7 Å². The van der Waals surface area contributed by atoms with Gasteiger partial charge in [-0.1, -0.05) is 13.8 Å². The molecule has 0 heterocycles. The summed E-state index contributed by atoms with van der Waals surface area (Å²) in [6.07, 6.45) is -6.31. The fourth-order valence-electron chi connectivity index (χ4n) is 3.02. The molecule has 118 valence electrons. The Morgan fingerprint density at radius 2 is 1.38 bits per heavy atom. The van der Waals surface area contributed by atoms with Gasteiger partial charge >= 0.3 is 67.5 Å². The van der Waals surface area contributed by atoms with E-state index in [1.807, 2.05) is 0 Å². The molecule has 1 rings (SSSR count). The van der Waals surface area contributed by atoms with E-state index in [4.69, 9.17) is 0 Å². The van der Waals surface area contributed by atoms with Gasteiger partial charge in [-0.15, -0.1) is 0 Å². The minimum Gasteiger partial charge on any atom is -0.481 e. The summed E-state index contributed by atoms with van der Waals surface area (Å²) in [6.45, 7) is 3.35. The molecule has 0 amide bonds. The van der Waals surface area contributed by atoms with Gasteiger partial charge in [-0.05, 0) is 19.8 Å². The number of alkyl halides is 3. The van der Waals surface area contributed by atoms with Crippen molar-refractivity contribution >= 4 is 17.7 Å². The second kappa shape index (κ2) is 5.88. The minimum absolute atomic E-state index is 0. The molecule has 0 saturated heterocycles. The van der Waals surface area contributed by atoms with Gasteiger partial charge in [0.1, 0.15) is 5.41 Å². The first-order chi connectivity index (χ1) is 8.75. The van der Waals surface area contributed by atoms with Crippen molar-refractivity contribution in [1.82, 2.24) is 0 Å². The minimum atomic E-state index is -5.33. The van der Waals surface area contributed by atoms with E-state index in [0.29, 0.717) is 0 Å². The van der Waals surface area contributed by atoms with Crippen LogP contribution in [0.4, 0.5) is 13.2 Å². The first-order valence-electron chi connectivity index (χ1n) is 5.83. The summed E-state index contributed by atoms with van der Waals surface area (Å²) in [5, 5.41) is 18.5. The van der Waals surface area contributed by atoms with Gasteiger partial charge in [0, 0.05) is 5.41 Å². The molecule has 2 N–H and O–H groups in total. The van der Waals surface area contributed by atoms with Crippen LogP contribution in [-0.4, -0.2) is 34.1 Å². The second-order valence-corrected chi connectivity index (χ2v) is 5.80. The third-order valence-electron chi connectivity index (χ3n) is 4.93. The van der Waals surface area contributed by atoms with Crippen LogP contribution >= 0.6 is 0 Å². The van der Waals surface area contributed by atoms with Crippen molar-refractivity contribution in [3.05, 3.63) is 0 Å². The number of hydrogen-bond acceptors (Lipinski definition) is 3. The smallest absolute Gasteiger partial charge is 0.481 e. The first kappa shape index (κ1) is 21.0. The molecule has 0 radical (unpaired) electrons. The number of halogens is 3. The summed E-state index contributed by atoms with van der Waals surface area (Å²) in [5.41, 5.74) is -6.39. The van der Waals surface area contributed by atoms with Crippen molar-refractivity contribution in [3.63, 3.8) is 0 Å². The van der Waals surface area contributed by atoms with E-state index in [-0.39, 0.29) is 55.8 Å². The zero-order valence-electron chi connectivity index (χ0n) is 11.5. The van der Waals surface area contributed by atoms with Gasteiger partial charge in [0.2, 0.25) is 0 Å². The number of carboxylic acids is 2. The predicted molar refractivity (Wildman–Crippen MR) is 59.9 cm³/mol. The van der Waals surface area contributed by atoms with E-state index in [9.17, 15) is 37.8 Å². The molecule has 1 aliphatic carbocycles. The zero-order valence-corrected chi connectivity index (χ0v) is 14.0. The van der Waals surface area contributed by atoms with Gasteiger partial charge in [0.15, 0.2) is 0 Å². The number of carboxylic acid groups (broad SMARTS) is 2. The number of rotatable bonds is 3. The van der Waals surface area contributed by atoms with Crippen LogP contribution in [0, 0.1) is 65.6 Å².